The van der Waals surface area contributed by atoms with Gasteiger partial charge in [0.15, 0.2) is 5.17 Å². The highest BCUT2D eigenvalue weighted by Crippen LogP contribution is 2.44. The van der Waals surface area contributed by atoms with Crippen LogP contribution in [0.25, 0.3) is 16.5 Å². The van der Waals surface area contributed by atoms with Crippen molar-refractivity contribution in [3.63, 3.8) is 0 Å². The fourth-order valence-electron chi connectivity index (χ4n) is 3.02. The summed E-state index contributed by atoms with van der Waals surface area (Å²) >= 11 is 1.76. The fourth-order valence-corrected chi connectivity index (χ4v) is 4.15. The van der Waals surface area contributed by atoms with Gasteiger partial charge in [-0.25, -0.2) is 4.39 Å². The molecule has 5 heteroatoms. The van der Waals surface area contributed by atoms with E-state index in [9.17, 15) is 4.39 Å². The summed E-state index contributed by atoms with van der Waals surface area (Å²) in [5, 5.41) is 3.15. The van der Waals surface area contributed by atoms with Crippen LogP contribution in [0.4, 0.5) is 4.39 Å². The molecule has 0 atom stereocenters. The number of amidine groups is 1. The molecule has 0 spiro atoms. The number of hydrogen-bond donors (Lipinski definition) is 0. The Morgan fingerprint density at radius 1 is 1.27 bits per heavy atom. The first kappa shape index (κ1) is 15.6. The predicted octanol–water partition coefficient (Wildman–Crippen LogP) is 5.05. The monoisotopic (exact) mass is 378 g/mol. The van der Waals surface area contributed by atoms with Crippen molar-refractivity contribution >= 4 is 50.4 Å². The third-order valence-electron chi connectivity index (χ3n) is 3.97. The Labute approximate surface area is 143 Å². The van der Waals surface area contributed by atoms with Crippen LogP contribution >= 0.6 is 28.7 Å². The smallest absolute Gasteiger partial charge is 0.168 e. The lowest BCUT2D eigenvalue weighted by atomic mass is 10.0. The first-order chi connectivity index (χ1) is 10.3. The number of thioether (sulfide) groups is 1. The second-order valence-electron chi connectivity index (χ2n) is 5.21. The third-order valence-corrected chi connectivity index (χ3v) is 5.23. The van der Waals surface area contributed by atoms with E-state index < -0.39 is 0 Å². The maximum atomic E-state index is 13.7. The zero-order valence-corrected chi connectivity index (χ0v) is 14.7. The molecule has 0 saturated carbocycles. The highest BCUT2D eigenvalue weighted by Gasteiger charge is 2.32. The molecule has 0 amide bonds. The summed E-state index contributed by atoms with van der Waals surface area (Å²) in [7, 11) is 0. The second-order valence-corrected chi connectivity index (χ2v) is 6.28. The van der Waals surface area contributed by atoms with Crippen LogP contribution in [0.1, 0.15) is 18.9 Å². The SMILES string of the molecule is Br.CCC1=C(c2cccc3ccc(F)cc23)N2CCN=C2S1. The summed E-state index contributed by atoms with van der Waals surface area (Å²) in [4.78, 5) is 8.16. The van der Waals surface area contributed by atoms with E-state index in [2.05, 4.69) is 22.9 Å². The van der Waals surface area contributed by atoms with Gasteiger partial charge in [0, 0.05) is 17.0 Å². The summed E-state index contributed by atoms with van der Waals surface area (Å²) in [5.41, 5.74) is 2.33. The molecule has 2 heterocycles. The number of hydrogen-bond acceptors (Lipinski definition) is 3. The molecule has 2 aliphatic rings. The minimum atomic E-state index is -0.186. The zero-order valence-electron chi connectivity index (χ0n) is 12.2. The topological polar surface area (TPSA) is 15.6 Å². The second kappa shape index (κ2) is 6.05. The molecule has 22 heavy (non-hydrogen) atoms. The minimum absolute atomic E-state index is 0. The van der Waals surface area contributed by atoms with Crippen LogP contribution in [0.15, 0.2) is 46.3 Å². The van der Waals surface area contributed by atoms with Crippen LogP contribution in [0.3, 0.4) is 0 Å². The van der Waals surface area contributed by atoms with E-state index in [-0.39, 0.29) is 22.8 Å². The summed E-state index contributed by atoms with van der Waals surface area (Å²) in [6.45, 7) is 3.94. The van der Waals surface area contributed by atoms with E-state index in [1.54, 1.807) is 17.8 Å². The number of benzene rings is 2. The van der Waals surface area contributed by atoms with Crippen molar-refractivity contribution in [2.75, 3.05) is 13.1 Å². The van der Waals surface area contributed by atoms with Crippen molar-refractivity contribution in [1.29, 1.82) is 0 Å². The number of fused-ring (bicyclic) bond motifs is 2. The van der Waals surface area contributed by atoms with Crippen LogP contribution in [0.2, 0.25) is 0 Å². The van der Waals surface area contributed by atoms with Crippen LogP contribution < -0.4 is 0 Å². The average molecular weight is 379 g/mol. The van der Waals surface area contributed by atoms with E-state index in [0.717, 1.165) is 41.0 Å². The van der Waals surface area contributed by atoms with E-state index in [1.807, 2.05) is 18.2 Å². The fraction of sp³-hybridized carbons (Fsp3) is 0.235. The van der Waals surface area contributed by atoms with Crippen molar-refractivity contribution < 1.29 is 4.39 Å². The van der Waals surface area contributed by atoms with Gasteiger partial charge in [0.25, 0.3) is 0 Å². The van der Waals surface area contributed by atoms with Crippen molar-refractivity contribution in [2.24, 2.45) is 4.99 Å². The highest BCUT2D eigenvalue weighted by molar-refractivity contribution is 8.93. The van der Waals surface area contributed by atoms with Gasteiger partial charge in [-0.05, 0) is 29.3 Å². The third kappa shape index (κ3) is 2.36. The molecular weight excluding hydrogens is 363 g/mol. The highest BCUT2D eigenvalue weighted by atomic mass is 79.9. The van der Waals surface area contributed by atoms with Gasteiger partial charge < -0.3 is 4.90 Å². The van der Waals surface area contributed by atoms with Crippen molar-refractivity contribution in [3.05, 3.63) is 52.7 Å². The number of nitrogens with zero attached hydrogens (tertiary/aromatic N) is 2. The molecule has 0 unspecified atom stereocenters. The minimum Gasteiger partial charge on any atom is -0.318 e. The first-order valence-electron chi connectivity index (χ1n) is 7.19. The first-order valence-corrected chi connectivity index (χ1v) is 8.01. The Hall–Kier alpha value is -1.33. The van der Waals surface area contributed by atoms with E-state index in [0.29, 0.717) is 0 Å². The van der Waals surface area contributed by atoms with Crippen LogP contribution in [-0.4, -0.2) is 23.2 Å². The van der Waals surface area contributed by atoms with Crippen molar-refractivity contribution in [2.45, 2.75) is 13.3 Å². The molecule has 2 aromatic rings. The summed E-state index contributed by atoms with van der Waals surface area (Å²) < 4.78 is 13.7. The lowest BCUT2D eigenvalue weighted by Gasteiger charge is -2.19. The molecule has 4 rings (SSSR count). The Kier molecular flexibility index (Phi) is 4.28. The molecule has 0 aromatic heterocycles. The molecule has 2 aromatic carbocycles. The Morgan fingerprint density at radius 3 is 2.95 bits per heavy atom. The van der Waals surface area contributed by atoms with Gasteiger partial charge >= 0.3 is 0 Å². The van der Waals surface area contributed by atoms with Gasteiger partial charge in [-0.2, -0.15) is 0 Å². The molecule has 0 saturated heterocycles. The van der Waals surface area contributed by atoms with Gasteiger partial charge in [-0.1, -0.05) is 43.0 Å². The van der Waals surface area contributed by atoms with E-state index >= 15 is 0 Å². The molecule has 0 aliphatic carbocycles. The van der Waals surface area contributed by atoms with E-state index in [4.69, 9.17) is 0 Å². The largest absolute Gasteiger partial charge is 0.318 e. The molecule has 114 valence electrons. The van der Waals surface area contributed by atoms with Gasteiger partial charge in [0.1, 0.15) is 5.82 Å². The lowest BCUT2D eigenvalue weighted by molar-refractivity contribution is 0.629. The van der Waals surface area contributed by atoms with Crippen molar-refractivity contribution in [3.8, 4) is 0 Å². The molecule has 2 nitrogen and oxygen atoms in total. The maximum Gasteiger partial charge on any atom is 0.168 e. The normalized spacial score (nSPS) is 16.8. The van der Waals surface area contributed by atoms with Gasteiger partial charge in [-0.15, -0.1) is 17.0 Å². The van der Waals surface area contributed by atoms with Crippen LogP contribution in [-0.2, 0) is 0 Å². The average Bonchev–Trinajstić information content (AvgIpc) is 3.06. The number of aliphatic imine (C=N–C) groups is 1. The van der Waals surface area contributed by atoms with Gasteiger partial charge in [-0.3, -0.25) is 4.99 Å². The number of rotatable bonds is 2. The summed E-state index contributed by atoms with van der Waals surface area (Å²) in [6.07, 6.45) is 0.973. The number of allylic oxidation sites excluding steroid dienone is 1. The quantitative estimate of drug-likeness (QED) is 0.725. The lowest BCUT2D eigenvalue weighted by Crippen LogP contribution is -2.20. The summed E-state index contributed by atoms with van der Waals surface area (Å²) in [5.74, 6) is -0.186. The summed E-state index contributed by atoms with van der Waals surface area (Å²) in [6, 6.07) is 11.2. The Balaban J connectivity index is 0.00000144. The molecule has 0 bridgehead atoms. The molecule has 2 aliphatic heterocycles. The Morgan fingerprint density at radius 2 is 2.14 bits per heavy atom. The van der Waals surface area contributed by atoms with E-state index in [1.165, 1.54) is 16.7 Å². The van der Waals surface area contributed by atoms with Crippen molar-refractivity contribution in [1.82, 2.24) is 4.90 Å². The molecular formula is C17H16BrFN2S. The van der Waals surface area contributed by atoms with Crippen LogP contribution in [0.5, 0.6) is 0 Å². The molecule has 0 fully saturated rings. The van der Waals surface area contributed by atoms with Gasteiger partial charge in [0.2, 0.25) is 0 Å². The predicted molar refractivity (Wildman–Crippen MR) is 98.0 cm³/mol. The Bertz CT molecular complexity index is 800. The standard InChI is InChI=1S/C17H15FN2S.BrH/c1-2-15-16(20-9-8-19-17(20)21-15)13-5-3-4-11-6-7-12(18)10-14(11)13;/h3-7,10H,2,8-9H2,1H3;1H. The molecule has 0 radical (unpaired) electrons. The maximum absolute atomic E-state index is 13.7. The number of halogens is 2. The van der Waals surface area contributed by atoms with Gasteiger partial charge in [0.05, 0.1) is 12.2 Å². The van der Waals surface area contributed by atoms with Crippen LogP contribution in [0, 0.1) is 5.82 Å². The zero-order chi connectivity index (χ0) is 14.4. The molecule has 0 N–H and O–H groups in total.